The summed E-state index contributed by atoms with van der Waals surface area (Å²) in [5.41, 5.74) is 7.69. The van der Waals surface area contributed by atoms with Gasteiger partial charge in [-0.25, -0.2) is 4.79 Å². The number of hydrogen-bond donors (Lipinski definition) is 1. The van der Waals surface area contributed by atoms with Gasteiger partial charge in [0.25, 0.3) is 0 Å². The summed E-state index contributed by atoms with van der Waals surface area (Å²) in [5, 5.41) is 0. The maximum absolute atomic E-state index is 11.9. The van der Waals surface area contributed by atoms with E-state index in [2.05, 4.69) is 4.98 Å². The van der Waals surface area contributed by atoms with E-state index < -0.39 is 5.97 Å². The van der Waals surface area contributed by atoms with Gasteiger partial charge >= 0.3 is 5.97 Å². The Balaban J connectivity index is 2.03. The largest absolute Gasteiger partial charge is 0.492 e. The molecule has 5 heteroatoms. The predicted octanol–water partition coefficient (Wildman–Crippen LogP) is 2.46. The van der Waals surface area contributed by atoms with Crippen molar-refractivity contribution in [1.82, 2.24) is 4.98 Å². The summed E-state index contributed by atoms with van der Waals surface area (Å²) in [5.74, 6) is 0.0559. The standard InChI is InChI=1S/C16H18N2O3/c1-2-20-16(19)14-11-13(17)3-4-15(14)21-10-7-12-5-8-18-9-6-12/h3-6,8-9,11H,2,7,10,17H2,1H3. The molecule has 0 spiro atoms. The Morgan fingerprint density at radius 2 is 2.00 bits per heavy atom. The third kappa shape index (κ3) is 4.21. The SMILES string of the molecule is CCOC(=O)c1cc(N)ccc1OCCc1ccncc1. The van der Waals surface area contributed by atoms with E-state index in [1.165, 1.54) is 0 Å². The lowest BCUT2D eigenvalue weighted by atomic mass is 10.1. The van der Waals surface area contributed by atoms with Crippen molar-refractivity contribution >= 4 is 11.7 Å². The second-order valence-corrected chi connectivity index (χ2v) is 4.43. The minimum Gasteiger partial charge on any atom is -0.492 e. The van der Waals surface area contributed by atoms with Gasteiger partial charge < -0.3 is 15.2 Å². The van der Waals surface area contributed by atoms with Crippen molar-refractivity contribution in [3.05, 3.63) is 53.9 Å². The molecule has 1 heterocycles. The van der Waals surface area contributed by atoms with Crippen LogP contribution in [-0.2, 0) is 11.2 Å². The first-order valence-corrected chi connectivity index (χ1v) is 6.79. The summed E-state index contributed by atoms with van der Waals surface area (Å²) in [7, 11) is 0. The van der Waals surface area contributed by atoms with E-state index in [0.29, 0.717) is 30.2 Å². The van der Waals surface area contributed by atoms with Crippen molar-refractivity contribution in [1.29, 1.82) is 0 Å². The van der Waals surface area contributed by atoms with Gasteiger partial charge in [-0.2, -0.15) is 0 Å². The fourth-order valence-corrected chi connectivity index (χ4v) is 1.87. The van der Waals surface area contributed by atoms with E-state index in [4.69, 9.17) is 15.2 Å². The number of benzene rings is 1. The number of aromatic nitrogens is 1. The highest BCUT2D eigenvalue weighted by molar-refractivity contribution is 5.93. The second-order valence-electron chi connectivity index (χ2n) is 4.43. The lowest BCUT2D eigenvalue weighted by Gasteiger charge is -2.11. The fourth-order valence-electron chi connectivity index (χ4n) is 1.87. The summed E-state index contributed by atoms with van der Waals surface area (Å²) in [6.07, 6.45) is 4.21. The summed E-state index contributed by atoms with van der Waals surface area (Å²) >= 11 is 0. The van der Waals surface area contributed by atoms with Gasteiger partial charge in [0.2, 0.25) is 0 Å². The first kappa shape index (κ1) is 14.8. The van der Waals surface area contributed by atoms with Gasteiger partial charge in [-0.05, 0) is 42.8 Å². The number of nitrogens with zero attached hydrogens (tertiary/aromatic N) is 1. The molecule has 0 aliphatic carbocycles. The summed E-state index contributed by atoms with van der Waals surface area (Å²) in [6.45, 7) is 2.53. The molecule has 0 amide bonds. The number of esters is 1. The molecule has 0 bridgehead atoms. The lowest BCUT2D eigenvalue weighted by Crippen LogP contribution is -2.10. The molecule has 110 valence electrons. The minimum atomic E-state index is -0.427. The van der Waals surface area contributed by atoms with Crippen LogP contribution in [0.1, 0.15) is 22.8 Å². The van der Waals surface area contributed by atoms with Crippen LogP contribution in [0.3, 0.4) is 0 Å². The normalized spacial score (nSPS) is 10.1. The number of carbonyl (C=O) groups is 1. The molecule has 0 fully saturated rings. The Morgan fingerprint density at radius 1 is 1.24 bits per heavy atom. The smallest absolute Gasteiger partial charge is 0.341 e. The van der Waals surface area contributed by atoms with Crippen LogP contribution in [-0.4, -0.2) is 24.2 Å². The Bertz CT molecular complexity index is 600. The summed E-state index contributed by atoms with van der Waals surface area (Å²) in [4.78, 5) is 15.8. The molecular weight excluding hydrogens is 268 g/mol. The summed E-state index contributed by atoms with van der Waals surface area (Å²) < 4.78 is 10.7. The van der Waals surface area contributed by atoms with Gasteiger partial charge in [0.05, 0.1) is 13.2 Å². The first-order chi connectivity index (χ1) is 10.2. The van der Waals surface area contributed by atoms with Crippen LogP contribution in [0, 0.1) is 0 Å². The Labute approximate surface area is 123 Å². The van der Waals surface area contributed by atoms with Gasteiger partial charge in [0, 0.05) is 24.5 Å². The summed E-state index contributed by atoms with van der Waals surface area (Å²) in [6, 6.07) is 8.82. The number of hydrogen-bond acceptors (Lipinski definition) is 5. The molecule has 0 aliphatic heterocycles. The zero-order chi connectivity index (χ0) is 15.1. The van der Waals surface area contributed by atoms with Crippen LogP contribution in [0.4, 0.5) is 5.69 Å². The van der Waals surface area contributed by atoms with E-state index in [1.807, 2.05) is 12.1 Å². The zero-order valence-electron chi connectivity index (χ0n) is 11.9. The molecule has 0 unspecified atom stereocenters. The van der Waals surface area contributed by atoms with Gasteiger partial charge in [0.15, 0.2) is 0 Å². The van der Waals surface area contributed by atoms with Crippen LogP contribution >= 0.6 is 0 Å². The van der Waals surface area contributed by atoms with E-state index in [1.54, 1.807) is 37.5 Å². The monoisotopic (exact) mass is 286 g/mol. The molecule has 21 heavy (non-hydrogen) atoms. The van der Waals surface area contributed by atoms with Crippen LogP contribution in [0.5, 0.6) is 5.75 Å². The maximum Gasteiger partial charge on any atom is 0.341 e. The van der Waals surface area contributed by atoms with Gasteiger partial charge in [-0.3, -0.25) is 4.98 Å². The molecular formula is C16H18N2O3. The highest BCUT2D eigenvalue weighted by Crippen LogP contribution is 2.22. The molecule has 1 aromatic carbocycles. The van der Waals surface area contributed by atoms with Crippen molar-refractivity contribution in [2.45, 2.75) is 13.3 Å². The van der Waals surface area contributed by atoms with Crippen LogP contribution < -0.4 is 10.5 Å². The van der Waals surface area contributed by atoms with Gasteiger partial charge in [-0.15, -0.1) is 0 Å². The minimum absolute atomic E-state index is 0.310. The van der Waals surface area contributed by atoms with Crippen molar-refractivity contribution in [2.24, 2.45) is 0 Å². The number of anilines is 1. The van der Waals surface area contributed by atoms with Crippen LogP contribution in [0.25, 0.3) is 0 Å². The number of pyridine rings is 1. The molecule has 5 nitrogen and oxygen atoms in total. The average Bonchev–Trinajstić information content (AvgIpc) is 2.50. The quantitative estimate of drug-likeness (QED) is 0.652. The van der Waals surface area contributed by atoms with Gasteiger partial charge in [-0.1, -0.05) is 0 Å². The number of nitrogen functional groups attached to an aromatic ring is 1. The third-order valence-electron chi connectivity index (χ3n) is 2.90. The van der Waals surface area contributed by atoms with E-state index in [0.717, 1.165) is 12.0 Å². The van der Waals surface area contributed by atoms with E-state index in [-0.39, 0.29) is 0 Å². The van der Waals surface area contributed by atoms with Crippen LogP contribution in [0.15, 0.2) is 42.7 Å². The number of rotatable bonds is 6. The zero-order valence-corrected chi connectivity index (χ0v) is 11.9. The highest BCUT2D eigenvalue weighted by Gasteiger charge is 2.14. The first-order valence-electron chi connectivity index (χ1n) is 6.79. The molecule has 0 aliphatic rings. The second kappa shape index (κ2) is 7.28. The molecule has 0 saturated carbocycles. The maximum atomic E-state index is 11.9. The third-order valence-corrected chi connectivity index (χ3v) is 2.90. The van der Waals surface area contributed by atoms with Crippen molar-refractivity contribution in [2.75, 3.05) is 18.9 Å². The molecule has 2 N–H and O–H groups in total. The highest BCUT2D eigenvalue weighted by atomic mass is 16.5. The Hall–Kier alpha value is -2.56. The van der Waals surface area contributed by atoms with Crippen molar-refractivity contribution in [3.63, 3.8) is 0 Å². The van der Waals surface area contributed by atoms with Gasteiger partial charge in [0.1, 0.15) is 11.3 Å². The molecule has 2 aromatic rings. The number of nitrogens with two attached hydrogens (primary N) is 1. The molecule has 0 radical (unpaired) electrons. The number of ether oxygens (including phenoxy) is 2. The molecule has 0 atom stereocenters. The molecule has 2 rings (SSSR count). The van der Waals surface area contributed by atoms with Crippen molar-refractivity contribution in [3.8, 4) is 5.75 Å². The number of carbonyl (C=O) groups excluding carboxylic acids is 1. The lowest BCUT2D eigenvalue weighted by molar-refractivity contribution is 0.0522. The molecule has 1 aromatic heterocycles. The Kier molecular flexibility index (Phi) is 5.15. The molecule has 0 saturated heterocycles. The van der Waals surface area contributed by atoms with E-state index >= 15 is 0 Å². The van der Waals surface area contributed by atoms with E-state index in [9.17, 15) is 4.79 Å². The van der Waals surface area contributed by atoms with Crippen LogP contribution in [0.2, 0.25) is 0 Å². The Morgan fingerprint density at radius 3 is 2.71 bits per heavy atom. The predicted molar refractivity (Wildman–Crippen MR) is 80.2 cm³/mol. The topological polar surface area (TPSA) is 74.4 Å². The average molecular weight is 286 g/mol. The fraction of sp³-hybridized carbons (Fsp3) is 0.250. The van der Waals surface area contributed by atoms with Crippen molar-refractivity contribution < 1.29 is 14.3 Å².